The van der Waals surface area contributed by atoms with Crippen LogP contribution < -0.4 is 26.7 Å². The van der Waals surface area contributed by atoms with E-state index >= 15 is 0 Å². The number of hydrogen-bond donors (Lipinski definition) is 3. The molecule has 1 aliphatic heterocycles. The second kappa shape index (κ2) is 6.92. The fourth-order valence-electron chi connectivity index (χ4n) is 2.80. The SMILES string of the molecule is COCC(=O)Nc1cc(-n2c(N)c3c(cc2=O)C(=O)NC3=O)ccc1OC. The van der Waals surface area contributed by atoms with Gasteiger partial charge < -0.3 is 20.5 Å². The zero-order chi connectivity index (χ0) is 19.7. The Morgan fingerprint density at radius 3 is 2.59 bits per heavy atom. The van der Waals surface area contributed by atoms with Crippen molar-refractivity contribution in [2.24, 2.45) is 0 Å². The maximum atomic E-state index is 12.5. The van der Waals surface area contributed by atoms with Gasteiger partial charge in [0.15, 0.2) is 0 Å². The van der Waals surface area contributed by atoms with Gasteiger partial charge in [0.2, 0.25) is 5.91 Å². The number of rotatable bonds is 5. The number of methoxy groups -OCH3 is 2. The van der Waals surface area contributed by atoms with E-state index in [1.165, 1.54) is 32.4 Å². The Labute approximate surface area is 152 Å². The van der Waals surface area contributed by atoms with Gasteiger partial charge in [-0.1, -0.05) is 0 Å². The summed E-state index contributed by atoms with van der Waals surface area (Å²) < 4.78 is 11.0. The van der Waals surface area contributed by atoms with E-state index in [2.05, 4.69) is 10.6 Å². The molecular formula is C17H16N4O6. The molecule has 1 aromatic carbocycles. The van der Waals surface area contributed by atoms with Crippen molar-refractivity contribution < 1.29 is 23.9 Å². The number of carbonyl (C=O) groups excluding carboxylic acids is 3. The lowest BCUT2D eigenvalue weighted by Crippen LogP contribution is -2.24. The summed E-state index contributed by atoms with van der Waals surface area (Å²) in [5.41, 5.74) is 5.82. The molecule has 140 valence electrons. The number of nitrogens with one attached hydrogen (secondary N) is 2. The third-order valence-electron chi connectivity index (χ3n) is 3.94. The molecule has 0 spiro atoms. The van der Waals surface area contributed by atoms with Crippen molar-refractivity contribution >= 4 is 29.2 Å². The highest BCUT2D eigenvalue weighted by Gasteiger charge is 2.31. The zero-order valence-corrected chi connectivity index (χ0v) is 14.5. The van der Waals surface area contributed by atoms with Crippen molar-refractivity contribution in [3.05, 3.63) is 45.7 Å². The molecule has 0 atom stereocenters. The maximum Gasteiger partial charge on any atom is 0.262 e. The smallest absolute Gasteiger partial charge is 0.262 e. The number of anilines is 2. The van der Waals surface area contributed by atoms with E-state index in [4.69, 9.17) is 15.2 Å². The molecular weight excluding hydrogens is 356 g/mol. The van der Waals surface area contributed by atoms with Crippen molar-refractivity contribution in [3.63, 3.8) is 0 Å². The summed E-state index contributed by atoms with van der Waals surface area (Å²) >= 11 is 0. The number of amides is 3. The van der Waals surface area contributed by atoms with Gasteiger partial charge >= 0.3 is 0 Å². The number of hydrogen-bond acceptors (Lipinski definition) is 7. The number of nitrogens with two attached hydrogens (primary N) is 1. The molecule has 4 N–H and O–H groups in total. The number of imide groups is 1. The molecule has 0 aliphatic carbocycles. The topological polar surface area (TPSA) is 142 Å². The van der Waals surface area contributed by atoms with Gasteiger partial charge in [-0.05, 0) is 18.2 Å². The fraction of sp³-hybridized carbons (Fsp3) is 0.176. The van der Waals surface area contributed by atoms with E-state index in [1.54, 1.807) is 0 Å². The minimum atomic E-state index is -0.677. The Bertz CT molecular complexity index is 1030. The average Bonchev–Trinajstić information content (AvgIpc) is 2.89. The minimum absolute atomic E-state index is 0.0686. The molecule has 1 aliphatic rings. The first-order valence-electron chi connectivity index (χ1n) is 7.75. The van der Waals surface area contributed by atoms with Crippen LogP contribution in [0.3, 0.4) is 0 Å². The van der Waals surface area contributed by atoms with Crippen LogP contribution in [0, 0.1) is 0 Å². The highest BCUT2D eigenvalue weighted by molar-refractivity contribution is 6.23. The van der Waals surface area contributed by atoms with Gasteiger partial charge in [0.1, 0.15) is 18.2 Å². The second-order valence-corrected chi connectivity index (χ2v) is 5.64. The number of fused-ring (bicyclic) bond motifs is 1. The average molecular weight is 372 g/mol. The summed E-state index contributed by atoms with van der Waals surface area (Å²) in [4.78, 5) is 48.0. The van der Waals surface area contributed by atoms with Crippen LogP contribution in [0.5, 0.6) is 5.75 Å². The number of ether oxygens (including phenoxy) is 2. The van der Waals surface area contributed by atoms with Crippen molar-refractivity contribution in [1.29, 1.82) is 0 Å². The summed E-state index contributed by atoms with van der Waals surface area (Å²) in [5, 5.41) is 4.70. The van der Waals surface area contributed by atoms with Gasteiger partial charge in [-0.3, -0.25) is 29.1 Å². The second-order valence-electron chi connectivity index (χ2n) is 5.64. The number of carbonyl (C=O) groups is 3. The van der Waals surface area contributed by atoms with Gasteiger partial charge in [0.05, 0.1) is 29.6 Å². The predicted molar refractivity (Wildman–Crippen MR) is 95.3 cm³/mol. The summed E-state index contributed by atoms with van der Waals surface area (Å²) in [6.45, 7) is -0.170. The van der Waals surface area contributed by atoms with Gasteiger partial charge in [0.25, 0.3) is 17.4 Å². The van der Waals surface area contributed by atoms with Crippen LogP contribution in [-0.2, 0) is 9.53 Å². The zero-order valence-electron chi connectivity index (χ0n) is 14.5. The molecule has 27 heavy (non-hydrogen) atoms. The number of nitrogen functional groups attached to an aromatic ring is 1. The lowest BCUT2D eigenvalue weighted by molar-refractivity contribution is -0.119. The number of nitrogens with zero attached hydrogens (tertiary/aromatic N) is 1. The number of pyridine rings is 1. The Balaban J connectivity index is 2.14. The van der Waals surface area contributed by atoms with E-state index in [9.17, 15) is 19.2 Å². The van der Waals surface area contributed by atoms with E-state index in [-0.39, 0.29) is 34.9 Å². The molecule has 2 aromatic rings. The molecule has 0 fully saturated rings. The highest BCUT2D eigenvalue weighted by atomic mass is 16.5. The van der Waals surface area contributed by atoms with Crippen LogP contribution >= 0.6 is 0 Å². The van der Waals surface area contributed by atoms with E-state index < -0.39 is 23.3 Å². The van der Waals surface area contributed by atoms with E-state index in [0.29, 0.717) is 5.75 Å². The maximum absolute atomic E-state index is 12.5. The first kappa shape index (κ1) is 18.1. The molecule has 1 aromatic heterocycles. The molecule has 0 bridgehead atoms. The molecule has 0 saturated heterocycles. The molecule has 3 rings (SSSR count). The van der Waals surface area contributed by atoms with Gasteiger partial charge in [-0.2, -0.15) is 0 Å². The Kier molecular flexibility index (Phi) is 4.65. The number of aromatic nitrogens is 1. The quantitative estimate of drug-likeness (QED) is 0.622. The highest BCUT2D eigenvalue weighted by Crippen LogP contribution is 2.29. The Morgan fingerprint density at radius 2 is 1.93 bits per heavy atom. The van der Waals surface area contributed by atoms with Crippen molar-refractivity contribution in [1.82, 2.24) is 9.88 Å². The van der Waals surface area contributed by atoms with Crippen LogP contribution in [0.1, 0.15) is 20.7 Å². The van der Waals surface area contributed by atoms with Crippen molar-refractivity contribution in [3.8, 4) is 11.4 Å². The summed E-state index contributed by atoms with van der Waals surface area (Å²) in [6.07, 6.45) is 0. The predicted octanol–water partition coefficient (Wildman–Crippen LogP) is -0.103. The third kappa shape index (κ3) is 3.13. The summed E-state index contributed by atoms with van der Waals surface area (Å²) in [7, 11) is 2.80. The van der Waals surface area contributed by atoms with Gasteiger partial charge in [0, 0.05) is 13.2 Å². The minimum Gasteiger partial charge on any atom is -0.495 e. The third-order valence-corrected chi connectivity index (χ3v) is 3.94. The van der Waals surface area contributed by atoms with E-state index in [0.717, 1.165) is 10.6 Å². The molecule has 10 nitrogen and oxygen atoms in total. The molecule has 0 radical (unpaired) electrons. The van der Waals surface area contributed by atoms with Crippen LogP contribution in [0.15, 0.2) is 29.1 Å². The summed E-state index contributed by atoms with van der Waals surface area (Å²) in [5.74, 6) is -1.60. The largest absolute Gasteiger partial charge is 0.495 e. The van der Waals surface area contributed by atoms with Crippen LogP contribution in [0.2, 0.25) is 0 Å². The monoisotopic (exact) mass is 372 g/mol. The number of benzene rings is 1. The molecule has 2 heterocycles. The van der Waals surface area contributed by atoms with Gasteiger partial charge in [-0.25, -0.2) is 0 Å². The standard InChI is InChI=1S/C17H16N4O6/c1-26-7-12(22)19-10-5-8(3-4-11(10)27-2)21-13(23)6-9-14(15(21)18)17(25)20-16(9)24/h3-6H,7,18H2,1-2H3,(H,19,22)(H,20,24,25). The molecule has 0 saturated carbocycles. The van der Waals surface area contributed by atoms with Crippen LogP contribution in [-0.4, -0.2) is 43.1 Å². The Hall–Kier alpha value is -3.66. The van der Waals surface area contributed by atoms with E-state index in [1.807, 2.05) is 0 Å². The Morgan fingerprint density at radius 1 is 1.19 bits per heavy atom. The fourth-order valence-corrected chi connectivity index (χ4v) is 2.80. The first-order chi connectivity index (χ1) is 12.9. The van der Waals surface area contributed by atoms with Crippen molar-refractivity contribution in [2.75, 3.05) is 31.9 Å². The molecule has 3 amide bonds. The lowest BCUT2D eigenvalue weighted by Gasteiger charge is -2.15. The van der Waals surface area contributed by atoms with Crippen LogP contribution in [0.25, 0.3) is 5.69 Å². The molecule has 10 heteroatoms. The first-order valence-corrected chi connectivity index (χ1v) is 7.75. The molecule has 0 unspecified atom stereocenters. The van der Waals surface area contributed by atoms with Gasteiger partial charge in [-0.15, -0.1) is 0 Å². The summed E-state index contributed by atoms with van der Waals surface area (Å²) in [6, 6.07) is 5.57. The lowest BCUT2D eigenvalue weighted by atomic mass is 10.1. The van der Waals surface area contributed by atoms with Crippen LogP contribution in [0.4, 0.5) is 11.5 Å². The normalized spacial score (nSPS) is 12.5. The van der Waals surface area contributed by atoms with Crippen molar-refractivity contribution in [2.45, 2.75) is 0 Å².